The van der Waals surface area contributed by atoms with Gasteiger partial charge in [-0.2, -0.15) is 8.78 Å². The van der Waals surface area contributed by atoms with E-state index in [1.54, 1.807) is 6.07 Å². The zero-order valence-electron chi connectivity index (χ0n) is 16.0. The zero-order chi connectivity index (χ0) is 21.1. The lowest BCUT2D eigenvalue weighted by Crippen LogP contribution is -2.55. The lowest BCUT2D eigenvalue weighted by Gasteiger charge is -2.38. The summed E-state index contributed by atoms with van der Waals surface area (Å²) >= 11 is 0. The number of piperidine rings is 1. The van der Waals surface area contributed by atoms with E-state index in [1.165, 1.54) is 48.9 Å². The average molecular weight is 398 g/mol. The number of alkyl halides is 2. The molecule has 154 valence electrons. The molecule has 1 N–H and O–H groups in total. The van der Waals surface area contributed by atoms with Gasteiger partial charge in [-0.3, -0.25) is 9.59 Å². The fourth-order valence-corrected chi connectivity index (χ4v) is 3.07. The molecule has 9 heteroatoms. The second-order valence-corrected chi connectivity index (χ2v) is 7.23. The Kier molecular flexibility index (Phi) is 6.58. The number of ether oxygens (including phenoxy) is 1. The molecule has 0 radical (unpaired) electrons. The van der Waals surface area contributed by atoms with Gasteiger partial charge in [0, 0.05) is 20.1 Å². The van der Waals surface area contributed by atoms with Crippen molar-refractivity contribution in [2.24, 2.45) is 5.92 Å². The van der Waals surface area contributed by atoms with Crippen molar-refractivity contribution in [1.82, 2.24) is 9.80 Å². The van der Waals surface area contributed by atoms with Crippen molar-refractivity contribution < 1.29 is 33.0 Å². The van der Waals surface area contributed by atoms with Crippen molar-refractivity contribution in [1.29, 1.82) is 0 Å². The number of benzene rings is 1. The molecule has 7 nitrogen and oxygen atoms in total. The van der Waals surface area contributed by atoms with Crippen LogP contribution in [0.2, 0.25) is 0 Å². The molecule has 0 bridgehead atoms. The molecule has 1 aliphatic rings. The van der Waals surface area contributed by atoms with E-state index in [2.05, 4.69) is 4.74 Å². The number of likely N-dealkylation sites (tertiary alicyclic amines) is 1. The molecule has 28 heavy (non-hydrogen) atoms. The molecule has 2 amide bonds. The van der Waals surface area contributed by atoms with E-state index in [-0.39, 0.29) is 23.8 Å². The smallest absolute Gasteiger partial charge is 0.387 e. The highest BCUT2D eigenvalue weighted by Crippen LogP contribution is 2.27. The maximum Gasteiger partial charge on any atom is 0.387 e. The van der Waals surface area contributed by atoms with Gasteiger partial charge in [0.2, 0.25) is 5.91 Å². The molecule has 0 saturated carbocycles. The van der Waals surface area contributed by atoms with Gasteiger partial charge in [-0.05, 0) is 38.8 Å². The Morgan fingerprint density at radius 1 is 1.29 bits per heavy atom. The molecular formula is C19H24F2N2O5. The maximum atomic E-state index is 12.8. The summed E-state index contributed by atoms with van der Waals surface area (Å²) in [6.45, 7) is 0.253. The van der Waals surface area contributed by atoms with Crippen LogP contribution in [0, 0.1) is 5.92 Å². The van der Waals surface area contributed by atoms with Crippen LogP contribution in [0.1, 0.15) is 37.0 Å². The van der Waals surface area contributed by atoms with Crippen molar-refractivity contribution in [3.8, 4) is 5.75 Å². The number of hydrogen-bond acceptors (Lipinski definition) is 4. The number of carbonyl (C=O) groups excluding carboxylic acids is 2. The first-order chi connectivity index (χ1) is 13.1. The summed E-state index contributed by atoms with van der Waals surface area (Å²) in [5, 5.41) is 9.32. The number of nitrogens with zero attached hydrogens (tertiary/aromatic N) is 2. The van der Waals surface area contributed by atoms with E-state index in [0.717, 1.165) is 0 Å². The standard InChI is InChI=1S/C19H24F2N2O5/c1-19(2,17(26)27)22(3)15(24)12-7-6-10-23(11-12)16(25)13-8-4-5-9-14(13)28-18(20)21/h4-5,8-9,12,18H,6-7,10-11H2,1-3H3,(H,26,27). The van der Waals surface area contributed by atoms with Crippen LogP contribution in [0.25, 0.3) is 0 Å². The van der Waals surface area contributed by atoms with E-state index < -0.39 is 29.9 Å². The summed E-state index contributed by atoms with van der Waals surface area (Å²) in [5.41, 5.74) is -1.39. The molecule has 0 spiro atoms. The Labute approximate surface area is 161 Å². The van der Waals surface area contributed by atoms with E-state index in [1.807, 2.05) is 0 Å². The molecular weight excluding hydrogens is 374 g/mol. The van der Waals surface area contributed by atoms with Gasteiger partial charge < -0.3 is 19.6 Å². The summed E-state index contributed by atoms with van der Waals surface area (Å²) in [5.74, 6) is -2.80. The van der Waals surface area contributed by atoms with Crippen LogP contribution >= 0.6 is 0 Å². The number of carboxylic acid groups (broad SMARTS) is 1. The largest absolute Gasteiger partial charge is 0.480 e. The summed E-state index contributed by atoms with van der Waals surface area (Å²) in [6.07, 6.45) is 1.05. The van der Waals surface area contributed by atoms with Gasteiger partial charge in [-0.25, -0.2) is 4.79 Å². The van der Waals surface area contributed by atoms with Crippen LogP contribution in [0.15, 0.2) is 24.3 Å². The van der Waals surface area contributed by atoms with Crippen molar-refractivity contribution >= 4 is 17.8 Å². The Balaban J connectivity index is 2.16. The summed E-state index contributed by atoms with van der Waals surface area (Å²) in [7, 11) is 1.42. The number of aliphatic carboxylic acids is 1. The minimum Gasteiger partial charge on any atom is -0.480 e. The average Bonchev–Trinajstić information content (AvgIpc) is 2.66. The summed E-state index contributed by atoms with van der Waals surface area (Å²) in [4.78, 5) is 39.6. The molecule has 1 saturated heterocycles. The predicted molar refractivity (Wildman–Crippen MR) is 96.2 cm³/mol. The topological polar surface area (TPSA) is 87.2 Å². The third-order valence-corrected chi connectivity index (χ3v) is 5.08. The van der Waals surface area contributed by atoms with Crippen LogP contribution < -0.4 is 4.74 Å². The van der Waals surface area contributed by atoms with E-state index in [9.17, 15) is 28.3 Å². The highest BCUT2D eigenvalue weighted by molar-refractivity contribution is 5.97. The van der Waals surface area contributed by atoms with Crippen LogP contribution in [-0.4, -0.2) is 65.0 Å². The van der Waals surface area contributed by atoms with Crippen molar-refractivity contribution in [3.05, 3.63) is 29.8 Å². The molecule has 1 aromatic rings. The predicted octanol–water partition coefficient (Wildman–Crippen LogP) is 2.46. The Morgan fingerprint density at radius 2 is 1.93 bits per heavy atom. The number of para-hydroxylation sites is 1. The third-order valence-electron chi connectivity index (χ3n) is 5.08. The van der Waals surface area contributed by atoms with Gasteiger partial charge in [-0.15, -0.1) is 0 Å². The second kappa shape index (κ2) is 8.53. The number of hydrogen-bond donors (Lipinski definition) is 1. The minimum atomic E-state index is -3.06. The SMILES string of the molecule is CN(C(=O)C1CCCN(C(=O)c2ccccc2OC(F)F)C1)C(C)(C)C(=O)O. The van der Waals surface area contributed by atoms with Crippen LogP contribution in [0.3, 0.4) is 0 Å². The number of carboxylic acids is 1. The highest BCUT2D eigenvalue weighted by atomic mass is 19.3. The molecule has 1 unspecified atom stereocenters. The minimum absolute atomic E-state index is 0.00452. The van der Waals surface area contributed by atoms with Gasteiger partial charge >= 0.3 is 12.6 Å². The first-order valence-corrected chi connectivity index (χ1v) is 8.90. The van der Waals surface area contributed by atoms with Crippen molar-refractivity contribution in [2.75, 3.05) is 20.1 Å². The number of rotatable bonds is 6. The van der Waals surface area contributed by atoms with Crippen molar-refractivity contribution in [2.45, 2.75) is 38.8 Å². The van der Waals surface area contributed by atoms with Gasteiger partial charge in [-0.1, -0.05) is 12.1 Å². The van der Waals surface area contributed by atoms with Crippen LogP contribution in [-0.2, 0) is 9.59 Å². The first kappa shape index (κ1) is 21.6. The molecule has 0 aromatic heterocycles. The molecule has 1 atom stereocenters. The lowest BCUT2D eigenvalue weighted by molar-refractivity contribution is -0.157. The molecule has 0 aliphatic carbocycles. The first-order valence-electron chi connectivity index (χ1n) is 8.90. The van der Waals surface area contributed by atoms with Crippen LogP contribution in [0.5, 0.6) is 5.75 Å². The number of likely N-dealkylation sites (N-methyl/N-ethyl adjacent to an activating group) is 1. The normalized spacial score (nSPS) is 17.4. The van der Waals surface area contributed by atoms with Gasteiger partial charge in [0.05, 0.1) is 11.5 Å². The number of halogens is 2. The van der Waals surface area contributed by atoms with Gasteiger partial charge in [0.15, 0.2) is 0 Å². The summed E-state index contributed by atoms with van der Waals surface area (Å²) < 4.78 is 29.6. The van der Waals surface area contributed by atoms with E-state index in [4.69, 9.17) is 0 Å². The second-order valence-electron chi connectivity index (χ2n) is 7.23. The van der Waals surface area contributed by atoms with E-state index >= 15 is 0 Å². The van der Waals surface area contributed by atoms with Crippen LogP contribution in [0.4, 0.5) is 8.78 Å². The van der Waals surface area contributed by atoms with Crippen molar-refractivity contribution in [3.63, 3.8) is 0 Å². The molecule has 1 aliphatic heterocycles. The molecule has 1 fully saturated rings. The monoisotopic (exact) mass is 398 g/mol. The number of amides is 2. The van der Waals surface area contributed by atoms with Gasteiger partial charge in [0.25, 0.3) is 5.91 Å². The fourth-order valence-electron chi connectivity index (χ4n) is 3.07. The molecule has 2 rings (SSSR count). The third kappa shape index (κ3) is 4.58. The highest BCUT2D eigenvalue weighted by Gasteiger charge is 2.39. The summed E-state index contributed by atoms with van der Waals surface area (Å²) in [6, 6.07) is 5.71. The maximum absolute atomic E-state index is 12.8. The Hall–Kier alpha value is -2.71. The zero-order valence-corrected chi connectivity index (χ0v) is 16.0. The van der Waals surface area contributed by atoms with E-state index in [0.29, 0.717) is 19.4 Å². The van der Waals surface area contributed by atoms with Gasteiger partial charge in [0.1, 0.15) is 11.3 Å². The molecule has 1 heterocycles. The molecule has 1 aromatic carbocycles. The number of carbonyl (C=O) groups is 3. The Morgan fingerprint density at radius 3 is 2.54 bits per heavy atom. The quantitative estimate of drug-likeness (QED) is 0.796. The Bertz CT molecular complexity index is 754. The fraction of sp³-hybridized carbons (Fsp3) is 0.526. The lowest BCUT2D eigenvalue weighted by atomic mass is 9.93.